The monoisotopic (exact) mass is 592 g/mol. The highest BCUT2D eigenvalue weighted by Crippen LogP contribution is 2.60. The van der Waals surface area contributed by atoms with Gasteiger partial charge in [-0.2, -0.15) is 15.7 Å². The third kappa shape index (κ3) is 7.59. The Balaban J connectivity index is 2.13. The number of methoxy groups -OCH3 is 3. The molecule has 2 aromatic rings. The summed E-state index contributed by atoms with van der Waals surface area (Å²) in [5.41, 5.74) is 1.10. The second-order valence-electron chi connectivity index (χ2n) is 10.5. The lowest BCUT2D eigenvalue weighted by atomic mass is 9.87. The molecule has 0 unspecified atom stereocenters. The Kier molecular flexibility index (Phi) is 11.6. The van der Waals surface area contributed by atoms with Gasteiger partial charge in [-0.3, -0.25) is 18.7 Å². The van der Waals surface area contributed by atoms with E-state index in [0.717, 1.165) is 18.4 Å². The summed E-state index contributed by atoms with van der Waals surface area (Å²) in [7, 11) is 0.713. The topological polar surface area (TPSA) is 138 Å². The minimum Gasteiger partial charge on any atom is -0.496 e. The average molecular weight is 593 g/mol. The van der Waals surface area contributed by atoms with Crippen LogP contribution in [-0.2, 0) is 25.6 Å². The first-order valence-corrected chi connectivity index (χ1v) is 15.6. The number of benzene rings is 2. The van der Waals surface area contributed by atoms with E-state index < -0.39 is 40.2 Å². The number of carbonyl (C=O) groups is 2. The first-order chi connectivity index (χ1) is 19.5. The molecular weight excluding hydrogens is 548 g/mol. The zero-order valence-corrected chi connectivity index (χ0v) is 25.4. The number of fused-ring (bicyclic) bond motifs is 1. The van der Waals surface area contributed by atoms with Gasteiger partial charge in [-0.05, 0) is 30.5 Å². The Morgan fingerprint density at radius 3 is 2.24 bits per heavy atom. The second kappa shape index (κ2) is 14.5. The van der Waals surface area contributed by atoms with Crippen LogP contribution in [0.15, 0.2) is 47.4 Å². The molecule has 228 valence electrons. The molecule has 0 fully saturated rings. The molecule has 0 saturated carbocycles. The van der Waals surface area contributed by atoms with E-state index in [1.807, 2.05) is 37.3 Å². The molecule has 0 spiro atoms. The molecule has 2 atom stereocenters. The van der Waals surface area contributed by atoms with Gasteiger partial charge >= 0.3 is 11.9 Å². The molecule has 0 radical (unpaired) electrons. The number of hydroxylamine groups is 2. The summed E-state index contributed by atoms with van der Waals surface area (Å²) < 4.78 is 38.8. The van der Waals surface area contributed by atoms with Gasteiger partial charge in [-0.15, -0.1) is 0 Å². The van der Waals surface area contributed by atoms with Gasteiger partial charge in [0.25, 0.3) is 0 Å². The van der Waals surface area contributed by atoms with E-state index in [-0.39, 0.29) is 25.1 Å². The number of hydrogen-bond acceptors (Lipinski definition) is 10. The first kappa shape index (κ1) is 32.8. The van der Waals surface area contributed by atoms with E-state index in [4.69, 9.17) is 14.2 Å². The van der Waals surface area contributed by atoms with E-state index in [9.17, 15) is 23.9 Å². The van der Waals surface area contributed by atoms with Crippen molar-refractivity contribution in [1.82, 2.24) is 10.4 Å². The van der Waals surface area contributed by atoms with E-state index in [1.165, 1.54) is 26.4 Å². The van der Waals surface area contributed by atoms with E-state index in [0.29, 0.717) is 34.6 Å². The molecule has 1 aliphatic rings. The zero-order valence-electron chi connectivity index (χ0n) is 24.6. The Bertz CT molecular complexity index is 1160. The van der Waals surface area contributed by atoms with Gasteiger partial charge in [-0.25, -0.2) is 0 Å². The second-order valence-corrected chi connectivity index (χ2v) is 12.6. The molecule has 0 saturated heterocycles. The van der Waals surface area contributed by atoms with Gasteiger partial charge in [0.15, 0.2) is 0 Å². The summed E-state index contributed by atoms with van der Waals surface area (Å²) in [5.74, 6) is -0.513. The number of nitrogens with one attached hydrogen (secondary N) is 1. The van der Waals surface area contributed by atoms with Gasteiger partial charge in [-0.1, -0.05) is 57.0 Å². The summed E-state index contributed by atoms with van der Waals surface area (Å²) >= 11 is 0. The van der Waals surface area contributed by atoms with Gasteiger partial charge in [0.05, 0.1) is 56.4 Å². The fraction of sp³-hybridized carbons (Fsp3) is 0.533. The Morgan fingerprint density at radius 2 is 1.71 bits per heavy atom. The van der Waals surface area contributed by atoms with Crippen LogP contribution in [0, 0.1) is 0 Å². The molecule has 0 amide bonds. The molecule has 0 bridgehead atoms. The summed E-state index contributed by atoms with van der Waals surface area (Å²) in [6.07, 6.45) is 2.72. The Hall–Kier alpha value is -2.67. The summed E-state index contributed by atoms with van der Waals surface area (Å²) in [6.45, 7) is 4.20. The van der Waals surface area contributed by atoms with Crippen LogP contribution in [0.5, 0.6) is 5.75 Å². The molecule has 0 aliphatic carbocycles. The molecule has 41 heavy (non-hydrogen) atoms. The lowest BCUT2D eigenvalue weighted by molar-refractivity contribution is -0.193. The highest BCUT2D eigenvalue weighted by molar-refractivity contribution is 8.24. The smallest absolute Gasteiger partial charge is 0.307 e. The number of carbonyl (C=O) groups excluding carboxylic acids is 2. The molecule has 2 aromatic carbocycles. The summed E-state index contributed by atoms with van der Waals surface area (Å²) in [6, 6.07) is 11.7. The maximum atomic E-state index is 12.0. The number of rotatable bonds is 13. The van der Waals surface area contributed by atoms with Crippen molar-refractivity contribution in [1.29, 1.82) is 0 Å². The van der Waals surface area contributed by atoms with Crippen molar-refractivity contribution in [3.63, 3.8) is 0 Å². The SMILES string of the molecule is CCCC[C@]1(CC)CS(O)(O)c2cc(CNC(CC(=O)OC)CC(=O)OC)c(OC)cc2[C@@H](c2ccccc2)N1O. The fourth-order valence-electron chi connectivity index (χ4n) is 5.50. The molecule has 10 nitrogen and oxygen atoms in total. The van der Waals surface area contributed by atoms with Crippen molar-refractivity contribution >= 4 is 22.5 Å². The quantitative estimate of drug-likeness (QED) is 0.220. The van der Waals surface area contributed by atoms with E-state index >= 15 is 0 Å². The number of ether oxygens (including phenoxy) is 3. The highest BCUT2D eigenvalue weighted by atomic mass is 32.3. The molecule has 4 N–H and O–H groups in total. The minimum atomic E-state index is -3.37. The Labute approximate surface area is 244 Å². The maximum Gasteiger partial charge on any atom is 0.307 e. The predicted molar refractivity (Wildman–Crippen MR) is 157 cm³/mol. The van der Waals surface area contributed by atoms with Gasteiger partial charge in [0.2, 0.25) is 0 Å². The van der Waals surface area contributed by atoms with Crippen LogP contribution in [0.3, 0.4) is 0 Å². The minimum absolute atomic E-state index is 0.0180. The number of nitrogens with zero attached hydrogens (tertiary/aromatic N) is 1. The van der Waals surface area contributed by atoms with Crippen LogP contribution >= 0.6 is 10.6 Å². The van der Waals surface area contributed by atoms with Crippen LogP contribution in [0.4, 0.5) is 0 Å². The fourth-order valence-corrected chi connectivity index (χ4v) is 7.76. The van der Waals surface area contributed by atoms with Gasteiger partial charge < -0.3 is 24.7 Å². The van der Waals surface area contributed by atoms with Crippen molar-refractivity contribution in [2.24, 2.45) is 0 Å². The van der Waals surface area contributed by atoms with Crippen LogP contribution in [0.25, 0.3) is 0 Å². The molecular formula is C30H44N2O8S. The van der Waals surface area contributed by atoms with E-state index in [1.54, 1.807) is 12.1 Å². The largest absolute Gasteiger partial charge is 0.496 e. The lowest BCUT2D eigenvalue weighted by Crippen LogP contribution is -2.50. The predicted octanol–water partition coefficient (Wildman–Crippen LogP) is 5.52. The standard InChI is InChI=1S/C30H44N2O8S/c1-6-8-14-30(7-2)20-41(36,37)26-15-22(19-31-23(16-27(33)39-4)17-28(34)40-5)25(38-3)18-24(26)29(32(30)35)21-12-10-9-11-13-21/h9-13,15,18,23,29,31,35-37H,6-8,14,16-17,19-20H2,1-5H3/t29-,30-/m1/s1. The highest BCUT2D eigenvalue weighted by Gasteiger charge is 2.48. The van der Waals surface area contributed by atoms with Crippen LogP contribution in [0.1, 0.15) is 75.1 Å². The van der Waals surface area contributed by atoms with Crippen LogP contribution < -0.4 is 10.1 Å². The van der Waals surface area contributed by atoms with Crippen molar-refractivity contribution in [3.8, 4) is 5.75 Å². The average Bonchev–Trinajstić information content (AvgIpc) is 3.04. The Morgan fingerprint density at radius 1 is 1.07 bits per heavy atom. The van der Waals surface area contributed by atoms with Gasteiger partial charge in [0, 0.05) is 23.7 Å². The lowest BCUT2D eigenvalue weighted by Gasteiger charge is -2.45. The van der Waals surface area contributed by atoms with Crippen molar-refractivity contribution < 1.29 is 38.1 Å². The number of esters is 2. The summed E-state index contributed by atoms with van der Waals surface area (Å²) in [4.78, 5) is 24.3. The number of hydrogen-bond donors (Lipinski definition) is 4. The molecule has 3 rings (SSSR count). The van der Waals surface area contributed by atoms with Gasteiger partial charge in [0.1, 0.15) is 5.75 Å². The van der Waals surface area contributed by atoms with Crippen molar-refractivity contribution in [2.75, 3.05) is 27.1 Å². The molecule has 1 aliphatic heterocycles. The molecule has 1 heterocycles. The third-order valence-corrected chi connectivity index (χ3v) is 9.89. The first-order valence-electron chi connectivity index (χ1n) is 13.9. The third-order valence-electron chi connectivity index (χ3n) is 7.89. The maximum absolute atomic E-state index is 12.0. The van der Waals surface area contributed by atoms with Crippen LogP contribution in [-0.4, -0.2) is 70.0 Å². The zero-order chi connectivity index (χ0) is 30.2. The van der Waals surface area contributed by atoms with Crippen molar-refractivity contribution in [2.45, 2.75) is 81.4 Å². The normalized spacial score (nSPS) is 21.0. The molecule has 0 aromatic heterocycles. The summed E-state index contributed by atoms with van der Waals surface area (Å²) in [5, 5.41) is 16.5. The van der Waals surface area contributed by atoms with Crippen LogP contribution in [0.2, 0.25) is 0 Å². The van der Waals surface area contributed by atoms with Crippen molar-refractivity contribution in [3.05, 3.63) is 59.2 Å². The number of unbranched alkanes of at least 4 members (excludes halogenated alkanes) is 1. The van der Waals surface area contributed by atoms with E-state index in [2.05, 4.69) is 12.2 Å². The molecule has 11 heteroatoms.